The maximum atomic E-state index is 4.69. The van der Waals surface area contributed by atoms with E-state index >= 15 is 0 Å². The van der Waals surface area contributed by atoms with Crippen LogP contribution in [0.25, 0.3) is 66.1 Å². The Morgan fingerprint density at radius 3 is 1.95 bits per heavy atom. The second kappa shape index (κ2) is 7.67. The summed E-state index contributed by atoms with van der Waals surface area (Å²) >= 11 is 0. The molecule has 5 nitrogen and oxygen atoms in total. The standard InChI is InChI=1S/C32H21N5/c1-3-7-24(8-4-1)36-30-15-12-21(17-23(30)19-33-36)22-11-14-29-27(18-22)26-13-16-31-28(32(26)35-29)20-34-37(31)25-9-5-2-6-10-25/h1-20,35H. The Morgan fingerprint density at radius 1 is 0.514 bits per heavy atom. The molecule has 1 N–H and O–H groups in total. The van der Waals surface area contributed by atoms with Crippen LogP contribution in [-0.2, 0) is 0 Å². The van der Waals surface area contributed by atoms with Crippen molar-refractivity contribution in [2.45, 2.75) is 0 Å². The molecule has 0 aliphatic carbocycles. The van der Waals surface area contributed by atoms with Gasteiger partial charge in [-0.15, -0.1) is 0 Å². The number of nitrogens with one attached hydrogen (secondary N) is 1. The second-order valence-electron chi connectivity index (χ2n) is 9.36. The number of aromatic amines is 1. The van der Waals surface area contributed by atoms with Crippen molar-refractivity contribution in [3.05, 3.63) is 122 Å². The summed E-state index contributed by atoms with van der Waals surface area (Å²) in [6.45, 7) is 0. The molecule has 37 heavy (non-hydrogen) atoms. The summed E-state index contributed by atoms with van der Waals surface area (Å²) in [5.74, 6) is 0. The topological polar surface area (TPSA) is 51.4 Å². The van der Waals surface area contributed by atoms with E-state index in [2.05, 4.69) is 82.9 Å². The van der Waals surface area contributed by atoms with Crippen LogP contribution < -0.4 is 0 Å². The van der Waals surface area contributed by atoms with E-state index in [1.54, 1.807) is 0 Å². The summed E-state index contributed by atoms with van der Waals surface area (Å²) in [6, 6.07) is 38.1. The summed E-state index contributed by atoms with van der Waals surface area (Å²) in [5.41, 5.74) is 8.90. The Morgan fingerprint density at radius 2 is 1.16 bits per heavy atom. The number of aromatic nitrogens is 5. The van der Waals surface area contributed by atoms with Gasteiger partial charge in [-0.3, -0.25) is 0 Å². The molecule has 0 saturated carbocycles. The molecular formula is C32H21N5. The third kappa shape index (κ3) is 3.04. The minimum absolute atomic E-state index is 1.06. The van der Waals surface area contributed by atoms with Crippen LogP contribution in [0.3, 0.4) is 0 Å². The van der Waals surface area contributed by atoms with Gasteiger partial charge in [-0.1, -0.05) is 54.6 Å². The number of H-pyrrole nitrogens is 1. The molecule has 0 aliphatic heterocycles. The number of fused-ring (bicyclic) bond motifs is 6. The van der Waals surface area contributed by atoms with Gasteiger partial charge in [0.1, 0.15) is 0 Å². The Labute approximate surface area is 212 Å². The predicted molar refractivity (Wildman–Crippen MR) is 150 cm³/mol. The van der Waals surface area contributed by atoms with Crippen LogP contribution >= 0.6 is 0 Å². The molecule has 0 aliphatic rings. The minimum atomic E-state index is 1.06. The van der Waals surface area contributed by atoms with Crippen LogP contribution in [0.2, 0.25) is 0 Å². The first kappa shape index (κ1) is 20.1. The quantitative estimate of drug-likeness (QED) is 0.285. The van der Waals surface area contributed by atoms with Crippen LogP contribution in [0.5, 0.6) is 0 Å². The van der Waals surface area contributed by atoms with Gasteiger partial charge in [0.25, 0.3) is 0 Å². The van der Waals surface area contributed by atoms with Crippen LogP contribution in [0.4, 0.5) is 0 Å². The number of rotatable bonds is 3. The van der Waals surface area contributed by atoms with E-state index < -0.39 is 0 Å². The minimum Gasteiger partial charge on any atom is -0.354 e. The monoisotopic (exact) mass is 475 g/mol. The van der Waals surface area contributed by atoms with E-state index in [1.165, 1.54) is 21.9 Å². The van der Waals surface area contributed by atoms with Crippen molar-refractivity contribution in [3.8, 4) is 22.5 Å². The van der Waals surface area contributed by atoms with Crippen LogP contribution in [0.15, 0.2) is 122 Å². The summed E-state index contributed by atoms with van der Waals surface area (Å²) in [6.07, 6.45) is 3.90. The van der Waals surface area contributed by atoms with Crippen molar-refractivity contribution in [2.75, 3.05) is 0 Å². The van der Waals surface area contributed by atoms with Gasteiger partial charge in [-0.05, 0) is 65.7 Å². The highest BCUT2D eigenvalue weighted by Gasteiger charge is 2.13. The SMILES string of the molecule is c1ccc(-n2ncc3cc(-c4ccc5[nH]c6c(ccc7c6cnn7-c6ccccc6)c5c4)ccc32)cc1. The molecule has 0 bridgehead atoms. The van der Waals surface area contributed by atoms with Crippen LogP contribution in [0.1, 0.15) is 0 Å². The molecule has 0 spiro atoms. The number of nitrogens with zero attached hydrogens (tertiary/aromatic N) is 4. The molecule has 8 aromatic rings. The highest BCUT2D eigenvalue weighted by molar-refractivity contribution is 6.17. The fourth-order valence-corrected chi connectivity index (χ4v) is 5.41. The normalized spacial score (nSPS) is 11.8. The average molecular weight is 476 g/mol. The summed E-state index contributed by atoms with van der Waals surface area (Å²) in [4.78, 5) is 3.65. The molecule has 0 radical (unpaired) electrons. The van der Waals surface area contributed by atoms with Crippen molar-refractivity contribution < 1.29 is 0 Å². The first-order valence-corrected chi connectivity index (χ1v) is 12.3. The van der Waals surface area contributed by atoms with Gasteiger partial charge >= 0.3 is 0 Å². The van der Waals surface area contributed by atoms with Crippen LogP contribution in [-0.4, -0.2) is 24.5 Å². The van der Waals surface area contributed by atoms with E-state index in [9.17, 15) is 0 Å². The molecule has 3 heterocycles. The zero-order valence-electron chi connectivity index (χ0n) is 19.8. The van der Waals surface area contributed by atoms with Gasteiger partial charge < -0.3 is 4.98 Å². The van der Waals surface area contributed by atoms with E-state index in [4.69, 9.17) is 5.10 Å². The van der Waals surface area contributed by atoms with E-state index in [0.717, 1.165) is 44.2 Å². The first-order valence-electron chi connectivity index (χ1n) is 12.3. The molecule has 5 heteroatoms. The molecule has 5 aromatic carbocycles. The largest absolute Gasteiger partial charge is 0.354 e. The lowest BCUT2D eigenvalue weighted by Gasteiger charge is -2.06. The van der Waals surface area contributed by atoms with Crippen molar-refractivity contribution in [1.29, 1.82) is 0 Å². The van der Waals surface area contributed by atoms with Crippen molar-refractivity contribution >= 4 is 43.6 Å². The van der Waals surface area contributed by atoms with Gasteiger partial charge in [-0.25, -0.2) is 9.36 Å². The zero-order valence-corrected chi connectivity index (χ0v) is 19.8. The lowest BCUT2D eigenvalue weighted by Crippen LogP contribution is -1.94. The molecular weight excluding hydrogens is 454 g/mol. The highest BCUT2D eigenvalue weighted by atomic mass is 15.3. The van der Waals surface area contributed by atoms with E-state index in [-0.39, 0.29) is 0 Å². The van der Waals surface area contributed by atoms with Crippen LogP contribution in [0, 0.1) is 0 Å². The Kier molecular flexibility index (Phi) is 4.16. The third-order valence-corrected chi connectivity index (χ3v) is 7.23. The fourth-order valence-electron chi connectivity index (χ4n) is 5.41. The maximum Gasteiger partial charge on any atom is 0.0762 e. The highest BCUT2D eigenvalue weighted by Crippen LogP contribution is 2.35. The lowest BCUT2D eigenvalue weighted by molar-refractivity contribution is 0.911. The molecule has 0 saturated heterocycles. The Balaban J connectivity index is 1.25. The maximum absolute atomic E-state index is 4.69. The van der Waals surface area contributed by atoms with Crippen molar-refractivity contribution in [1.82, 2.24) is 24.5 Å². The van der Waals surface area contributed by atoms with Crippen molar-refractivity contribution in [3.63, 3.8) is 0 Å². The molecule has 3 aromatic heterocycles. The molecule has 0 amide bonds. The fraction of sp³-hybridized carbons (Fsp3) is 0. The van der Waals surface area contributed by atoms with Crippen molar-refractivity contribution in [2.24, 2.45) is 0 Å². The Hall–Kier alpha value is -5.16. The summed E-state index contributed by atoms with van der Waals surface area (Å²) < 4.78 is 3.99. The smallest absolute Gasteiger partial charge is 0.0762 e. The number of hydrogen-bond donors (Lipinski definition) is 1. The second-order valence-corrected chi connectivity index (χ2v) is 9.36. The molecule has 0 unspecified atom stereocenters. The molecule has 0 atom stereocenters. The van der Waals surface area contributed by atoms with Gasteiger partial charge in [0.05, 0.1) is 40.3 Å². The summed E-state index contributed by atoms with van der Waals surface area (Å²) in [7, 11) is 0. The first-order chi connectivity index (χ1) is 18.3. The Bertz CT molecular complexity index is 2080. The van der Waals surface area contributed by atoms with Gasteiger partial charge in [0.15, 0.2) is 0 Å². The lowest BCUT2D eigenvalue weighted by atomic mass is 10.0. The number of benzene rings is 5. The predicted octanol–water partition coefficient (Wildman–Crippen LogP) is 7.67. The van der Waals surface area contributed by atoms with Gasteiger partial charge in [-0.2, -0.15) is 10.2 Å². The third-order valence-electron chi connectivity index (χ3n) is 7.23. The van der Waals surface area contributed by atoms with E-state index in [0.29, 0.717) is 0 Å². The molecule has 0 fully saturated rings. The number of para-hydroxylation sites is 2. The van der Waals surface area contributed by atoms with Gasteiger partial charge in [0, 0.05) is 27.1 Å². The molecule has 174 valence electrons. The van der Waals surface area contributed by atoms with Gasteiger partial charge in [0.2, 0.25) is 0 Å². The average Bonchev–Trinajstić information content (AvgIpc) is 3.68. The zero-order chi connectivity index (χ0) is 24.3. The summed E-state index contributed by atoms with van der Waals surface area (Å²) in [5, 5.41) is 14.0. The van der Waals surface area contributed by atoms with E-state index in [1.807, 2.05) is 58.2 Å². The number of hydrogen-bond acceptors (Lipinski definition) is 2. The molecule has 8 rings (SSSR count).